The Kier molecular flexibility index (Phi) is 17.8. The van der Waals surface area contributed by atoms with Gasteiger partial charge in [0.1, 0.15) is 5.78 Å². The number of nitrogens with one attached hydrogen (secondary N) is 1. The summed E-state index contributed by atoms with van der Waals surface area (Å²) in [5.41, 5.74) is 2.92. The van der Waals surface area contributed by atoms with E-state index in [1.807, 2.05) is 35.1 Å². The lowest BCUT2D eigenvalue weighted by molar-refractivity contribution is -0.117. The number of ether oxygens (including phenoxy) is 5. The quantitative estimate of drug-likeness (QED) is 0.186. The average Bonchev–Trinajstić information content (AvgIpc) is 3.46. The molecule has 2 rings (SSSR count). The van der Waals surface area contributed by atoms with Gasteiger partial charge in [-0.25, -0.2) is 0 Å². The topological polar surface area (TPSA) is 110 Å². The van der Waals surface area contributed by atoms with Crippen LogP contribution in [0.1, 0.15) is 80.4 Å². The molecule has 1 aromatic carbocycles. The molecule has 230 valence electrons. The summed E-state index contributed by atoms with van der Waals surface area (Å²) >= 11 is 0. The van der Waals surface area contributed by atoms with E-state index in [1.54, 1.807) is 6.92 Å². The normalized spacial score (nSPS) is 12.1. The van der Waals surface area contributed by atoms with Gasteiger partial charge in [-0.15, -0.1) is 0 Å². The van der Waals surface area contributed by atoms with Gasteiger partial charge in [0.25, 0.3) is 5.91 Å². The lowest BCUT2D eigenvalue weighted by atomic mass is 10.1. The number of carbonyl (C=O) groups excluding carboxylic acids is 2. The SMILES string of the molecule is CC(=O)CCCCOCCOCCOCCOCCOCCNC(=O)c1ccc(C(C)n2cc(C(C)C)cn2)cc1. The van der Waals surface area contributed by atoms with Crippen LogP contribution in [0.3, 0.4) is 0 Å². The average molecular weight is 576 g/mol. The van der Waals surface area contributed by atoms with E-state index in [1.165, 1.54) is 5.56 Å². The van der Waals surface area contributed by atoms with Crippen LogP contribution >= 0.6 is 0 Å². The van der Waals surface area contributed by atoms with E-state index in [0.29, 0.717) is 90.5 Å². The molecule has 0 radical (unpaired) electrons. The molecule has 10 nitrogen and oxygen atoms in total. The molecule has 1 heterocycles. The summed E-state index contributed by atoms with van der Waals surface area (Å²) in [6, 6.07) is 7.72. The van der Waals surface area contributed by atoms with Crippen molar-refractivity contribution in [3.63, 3.8) is 0 Å². The Morgan fingerprint density at radius 3 is 1.80 bits per heavy atom. The van der Waals surface area contributed by atoms with Crippen molar-refractivity contribution in [3.8, 4) is 0 Å². The Morgan fingerprint density at radius 1 is 0.756 bits per heavy atom. The lowest BCUT2D eigenvalue weighted by Crippen LogP contribution is -2.27. The standard InChI is InChI=1S/C31H49N3O7/c1-25(2)30-23-33-34(24-30)27(4)28-8-10-29(11-9-28)31(36)32-12-14-38-16-18-40-20-22-41-21-19-39-17-15-37-13-6-5-7-26(3)35/h8-11,23-25,27H,5-7,12-22H2,1-4H3,(H,32,36). The molecule has 0 aliphatic rings. The van der Waals surface area contributed by atoms with E-state index in [4.69, 9.17) is 23.7 Å². The highest BCUT2D eigenvalue weighted by Crippen LogP contribution is 2.20. The summed E-state index contributed by atoms with van der Waals surface area (Å²) in [7, 11) is 0. The number of Topliss-reactive ketones (excluding diaryl/α,β-unsaturated/α-hetero) is 1. The molecule has 0 bridgehead atoms. The smallest absolute Gasteiger partial charge is 0.251 e. The van der Waals surface area contributed by atoms with Crippen molar-refractivity contribution in [2.45, 2.75) is 58.9 Å². The molecule has 0 spiro atoms. The van der Waals surface area contributed by atoms with Gasteiger partial charge in [-0.1, -0.05) is 26.0 Å². The predicted molar refractivity (Wildman–Crippen MR) is 158 cm³/mol. The van der Waals surface area contributed by atoms with Crippen LogP contribution in [0.5, 0.6) is 0 Å². The fourth-order valence-corrected chi connectivity index (χ4v) is 3.83. The van der Waals surface area contributed by atoms with Crippen LogP contribution in [-0.2, 0) is 28.5 Å². The third kappa shape index (κ3) is 15.2. The number of rotatable bonds is 24. The Balaban J connectivity index is 1.39. The number of hydrogen-bond donors (Lipinski definition) is 1. The molecule has 0 aliphatic carbocycles. The number of unbranched alkanes of at least 4 members (excludes halogenated alkanes) is 1. The van der Waals surface area contributed by atoms with Crippen molar-refractivity contribution >= 4 is 11.7 Å². The minimum atomic E-state index is -0.125. The summed E-state index contributed by atoms with van der Waals surface area (Å²) in [6.07, 6.45) is 6.38. The molecule has 1 aromatic heterocycles. The van der Waals surface area contributed by atoms with Crippen molar-refractivity contribution in [1.82, 2.24) is 15.1 Å². The summed E-state index contributed by atoms with van der Waals surface area (Å²) in [5, 5.41) is 7.36. The number of benzene rings is 1. The second kappa shape index (κ2) is 21.1. The molecule has 1 amide bonds. The highest BCUT2D eigenvalue weighted by molar-refractivity contribution is 5.94. The first-order chi connectivity index (χ1) is 19.9. The van der Waals surface area contributed by atoms with Gasteiger partial charge in [-0.2, -0.15) is 5.10 Å². The Bertz CT molecular complexity index is 978. The predicted octanol–water partition coefficient (Wildman–Crippen LogP) is 4.19. The number of nitrogens with zero attached hydrogens (tertiary/aromatic N) is 2. The van der Waals surface area contributed by atoms with Crippen LogP contribution in [0, 0.1) is 0 Å². The minimum Gasteiger partial charge on any atom is -0.379 e. The van der Waals surface area contributed by atoms with Crippen molar-refractivity contribution in [3.05, 3.63) is 53.3 Å². The first-order valence-electron chi connectivity index (χ1n) is 14.7. The monoisotopic (exact) mass is 575 g/mol. The number of amides is 1. The van der Waals surface area contributed by atoms with Crippen molar-refractivity contribution in [2.24, 2.45) is 0 Å². The maximum Gasteiger partial charge on any atom is 0.251 e. The van der Waals surface area contributed by atoms with Crippen LogP contribution in [0.4, 0.5) is 0 Å². The van der Waals surface area contributed by atoms with Gasteiger partial charge in [0.2, 0.25) is 0 Å². The maximum absolute atomic E-state index is 12.4. The van der Waals surface area contributed by atoms with Gasteiger partial charge in [0.15, 0.2) is 0 Å². The van der Waals surface area contributed by atoms with Gasteiger partial charge >= 0.3 is 0 Å². The lowest BCUT2D eigenvalue weighted by Gasteiger charge is -2.13. The van der Waals surface area contributed by atoms with E-state index in [9.17, 15) is 9.59 Å². The largest absolute Gasteiger partial charge is 0.379 e. The zero-order chi connectivity index (χ0) is 29.7. The van der Waals surface area contributed by atoms with E-state index in [2.05, 4.69) is 37.4 Å². The molecular weight excluding hydrogens is 526 g/mol. The highest BCUT2D eigenvalue weighted by Gasteiger charge is 2.12. The number of hydrogen-bond acceptors (Lipinski definition) is 8. The molecule has 0 fully saturated rings. The maximum atomic E-state index is 12.4. The molecule has 0 aliphatic heterocycles. The van der Waals surface area contributed by atoms with Crippen molar-refractivity contribution in [2.75, 3.05) is 72.6 Å². The third-order valence-corrected chi connectivity index (χ3v) is 6.43. The summed E-state index contributed by atoms with van der Waals surface area (Å²) in [6.45, 7) is 13.5. The van der Waals surface area contributed by atoms with E-state index < -0.39 is 0 Å². The second-order valence-electron chi connectivity index (χ2n) is 10.2. The van der Waals surface area contributed by atoms with Crippen LogP contribution in [0.15, 0.2) is 36.7 Å². The Labute approximate surface area is 245 Å². The summed E-state index contributed by atoms with van der Waals surface area (Å²) in [5.74, 6) is 0.536. The van der Waals surface area contributed by atoms with E-state index in [-0.39, 0.29) is 17.7 Å². The summed E-state index contributed by atoms with van der Waals surface area (Å²) < 4.78 is 29.3. The molecule has 2 aromatic rings. The van der Waals surface area contributed by atoms with Crippen LogP contribution in [-0.4, -0.2) is 94.1 Å². The van der Waals surface area contributed by atoms with Gasteiger partial charge in [0.05, 0.1) is 71.7 Å². The molecule has 0 saturated heterocycles. The molecule has 0 saturated carbocycles. The van der Waals surface area contributed by atoms with Crippen LogP contribution in [0.25, 0.3) is 0 Å². The van der Waals surface area contributed by atoms with Crippen molar-refractivity contribution in [1.29, 1.82) is 0 Å². The summed E-state index contributed by atoms with van der Waals surface area (Å²) in [4.78, 5) is 23.3. The van der Waals surface area contributed by atoms with Gasteiger partial charge in [0, 0.05) is 31.3 Å². The Hall–Kier alpha value is -2.63. The van der Waals surface area contributed by atoms with E-state index >= 15 is 0 Å². The van der Waals surface area contributed by atoms with Crippen LogP contribution in [0.2, 0.25) is 0 Å². The molecular formula is C31H49N3O7. The van der Waals surface area contributed by atoms with E-state index in [0.717, 1.165) is 18.4 Å². The van der Waals surface area contributed by atoms with Gasteiger partial charge in [-0.05, 0) is 55.9 Å². The number of carbonyl (C=O) groups is 2. The molecule has 10 heteroatoms. The highest BCUT2D eigenvalue weighted by atomic mass is 16.6. The fourth-order valence-electron chi connectivity index (χ4n) is 3.83. The molecule has 1 N–H and O–H groups in total. The molecule has 1 unspecified atom stereocenters. The second-order valence-corrected chi connectivity index (χ2v) is 10.2. The molecule has 41 heavy (non-hydrogen) atoms. The third-order valence-electron chi connectivity index (χ3n) is 6.43. The first kappa shape index (κ1) is 34.6. The minimum absolute atomic E-state index is 0.0906. The Morgan fingerprint density at radius 2 is 1.29 bits per heavy atom. The zero-order valence-corrected chi connectivity index (χ0v) is 25.3. The first-order valence-corrected chi connectivity index (χ1v) is 14.7. The fraction of sp³-hybridized carbons (Fsp3) is 0.645. The van der Waals surface area contributed by atoms with Crippen molar-refractivity contribution < 1.29 is 33.3 Å². The van der Waals surface area contributed by atoms with Gasteiger partial charge in [-0.3, -0.25) is 9.48 Å². The zero-order valence-electron chi connectivity index (χ0n) is 25.3. The van der Waals surface area contributed by atoms with Crippen LogP contribution < -0.4 is 5.32 Å². The molecule has 1 atom stereocenters. The number of aromatic nitrogens is 2. The van der Waals surface area contributed by atoms with Gasteiger partial charge < -0.3 is 33.8 Å². The number of ketones is 1.